The minimum absolute atomic E-state index is 0.172. The predicted octanol–water partition coefficient (Wildman–Crippen LogP) is 1.35. The number of nitrogen functional groups attached to an aromatic ring is 1. The molecular formula is C13H15N3O2S. The number of nitrogens with one attached hydrogen (secondary N) is 1. The third-order valence-corrected chi connectivity index (χ3v) is 3.80. The molecule has 100 valence electrons. The van der Waals surface area contributed by atoms with Crippen LogP contribution in [0.5, 0.6) is 0 Å². The van der Waals surface area contributed by atoms with Crippen LogP contribution in [0, 0.1) is 0 Å². The maximum Gasteiger partial charge on any atom is 0.253 e. The zero-order valence-corrected chi connectivity index (χ0v) is 11.3. The van der Waals surface area contributed by atoms with Crippen molar-refractivity contribution in [1.29, 1.82) is 0 Å². The van der Waals surface area contributed by atoms with Crippen molar-refractivity contribution in [3.05, 3.63) is 52.3 Å². The summed E-state index contributed by atoms with van der Waals surface area (Å²) < 4.78 is 0. The molecule has 0 saturated carbocycles. The van der Waals surface area contributed by atoms with Crippen molar-refractivity contribution in [2.24, 2.45) is 0 Å². The Kier molecular flexibility index (Phi) is 3.92. The highest BCUT2D eigenvalue weighted by Gasteiger charge is 2.23. The van der Waals surface area contributed by atoms with Crippen molar-refractivity contribution in [1.82, 2.24) is 9.97 Å². The van der Waals surface area contributed by atoms with Crippen LogP contribution in [0.2, 0.25) is 0 Å². The Balaban J connectivity index is 2.11. The number of rotatable bonds is 4. The Morgan fingerprint density at radius 1 is 1.42 bits per heavy atom. The van der Waals surface area contributed by atoms with E-state index in [1.165, 1.54) is 17.8 Å². The number of aliphatic hydroxyl groups is 1. The van der Waals surface area contributed by atoms with E-state index in [0.29, 0.717) is 10.9 Å². The minimum Gasteiger partial charge on any atom is -0.385 e. The maximum absolute atomic E-state index is 11.3. The lowest BCUT2D eigenvalue weighted by molar-refractivity contribution is 0.0839. The van der Waals surface area contributed by atoms with Crippen LogP contribution in [0.15, 0.2) is 46.3 Å². The Hall–Kier alpha value is -1.79. The summed E-state index contributed by atoms with van der Waals surface area (Å²) in [6, 6.07) is 10.6. The van der Waals surface area contributed by atoms with Gasteiger partial charge in [0.25, 0.3) is 5.56 Å². The lowest BCUT2D eigenvalue weighted by atomic mass is 9.99. The zero-order chi connectivity index (χ0) is 13.9. The van der Waals surface area contributed by atoms with Gasteiger partial charge >= 0.3 is 0 Å². The smallest absolute Gasteiger partial charge is 0.253 e. The van der Waals surface area contributed by atoms with Gasteiger partial charge in [-0.05, 0) is 12.5 Å². The highest BCUT2D eigenvalue weighted by Crippen LogP contribution is 2.27. The highest BCUT2D eigenvalue weighted by molar-refractivity contribution is 7.99. The number of hydrogen-bond donors (Lipinski definition) is 3. The molecule has 6 heteroatoms. The number of anilines is 1. The Morgan fingerprint density at radius 3 is 2.74 bits per heavy atom. The number of nitrogens with two attached hydrogens (primary N) is 1. The van der Waals surface area contributed by atoms with Gasteiger partial charge in [-0.15, -0.1) is 0 Å². The van der Waals surface area contributed by atoms with Crippen LogP contribution in [0.25, 0.3) is 0 Å². The summed E-state index contributed by atoms with van der Waals surface area (Å²) in [6.45, 7) is 1.72. The first-order valence-electron chi connectivity index (χ1n) is 5.75. The molecule has 1 unspecified atom stereocenters. The Morgan fingerprint density at radius 2 is 2.11 bits per heavy atom. The molecule has 1 atom stereocenters. The fraction of sp³-hybridized carbons (Fsp3) is 0.231. The van der Waals surface area contributed by atoms with Crippen LogP contribution < -0.4 is 11.3 Å². The number of aromatic nitrogens is 2. The van der Waals surface area contributed by atoms with E-state index in [9.17, 15) is 9.90 Å². The minimum atomic E-state index is -1.00. The average molecular weight is 277 g/mol. The molecular weight excluding hydrogens is 262 g/mol. The van der Waals surface area contributed by atoms with Gasteiger partial charge in [-0.2, -0.15) is 0 Å². The molecule has 0 aliphatic heterocycles. The Bertz CT molecular complexity index is 611. The normalized spacial score (nSPS) is 14.0. The summed E-state index contributed by atoms with van der Waals surface area (Å²) in [6.07, 6.45) is 0. The fourth-order valence-electron chi connectivity index (χ4n) is 1.61. The van der Waals surface area contributed by atoms with Crippen LogP contribution in [0.1, 0.15) is 12.5 Å². The lowest BCUT2D eigenvalue weighted by Crippen LogP contribution is -2.24. The van der Waals surface area contributed by atoms with Crippen molar-refractivity contribution in [2.75, 3.05) is 11.5 Å². The molecule has 5 nitrogen and oxygen atoms in total. The van der Waals surface area contributed by atoms with Gasteiger partial charge < -0.3 is 15.8 Å². The van der Waals surface area contributed by atoms with Gasteiger partial charge in [0.1, 0.15) is 5.82 Å². The van der Waals surface area contributed by atoms with E-state index in [4.69, 9.17) is 5.73 Å². The molecule has 19 heavy (non-hydrogen) atoms. The lowest BCUT2D eigenvalue weighted by Gasteiger charge is -2.22. The van der Waals surface area contributed by atoms with Crippen LogP contribution in [0.3, 0.4) is 0 Å². The van der Waals surface area contributed by atoms with Crippen LogP contribution in [0.4, 0.5) is 5.82 Å². The van der Waals surface area contributed by atoms with Gasteiger partial charge in [-0.25, -0.2) is 4.98 Å². The molecule has 1 aromatic heterocycles. The topological polar surface area (TPSA) is 92.0 Å². The molecule has 0 bridgehead atoms. The number of benzene rings is 1. The molecule has 0 fully saturated rings. The van der Waals surface area contributed by atoms with Crippen LogP contribution in [-0.4, -0.2) is 20.8 Å². The van der Waals surface area contributed by atoms with Crippen molar-refractivity contribution in [3.63, 3.8) is 0 Å². The second kappa shape index (κ2) is 5.46. The van der Waals surface area contributed by atoms with Crippen molar-refractivity contribution < 1.29 is 5.11 Å². The highest BCUT2D eigenvalue weighted by atomic mass is 32.2. The molecule has 0 aliphatic carbocycles. The standard InChI is InChI=1S/C13H15N3O2S/c1-13(18,9-5-3-2-4-6-9)8-19-12-15-10(14)7-11(17)16-12/h2-7,18H,8H2,1H3,(H3,14,15,16,17). The summed E-state index contributed by atoms with van der Waals surface area (Å²) in [5, 5.41) is 10.8. The summed E-state index contributed by atoms with van der Waals surface area (Å²) in [5.41, 5.74) is 5.01. The predicted molar refractivity (Wildman–Crippen MR) is 76.0 cm³/mol. The van der Waals surface area contributed by atoms with Gasteiger partial charge in [-0.3, -0.25) is 4.79 Å². The Labute approximate surface area is 114 Å². The van der Waals surface area contributed by atoms with Crippen molar-refractivity contribution in [3.8, 4) is 0 Å². The van der Waals surface area contributed by atoms with E-state index >= 15 is 0 Å². The third-order valence-electron chi connectivity index (χ3n) is 2.63. The molecule has 1 aromatic carbocycles. The number of nitrogens with zero attached hydrogens (tertiary/aromatic N) is 1. The first-order valence-corrected chi connectivity index (χ1v) is 6.73. The fourth-order valence-corrected chi connectivity index (χ4v) is 2.54. The SMILES string of the molecule is CC(O)(CSc1nc(N)cc(=O)[nH]1)c1ccccc1. The molecule has 0 spiro atoms. The van der Waals surface area contributed by atoms with Crippen LogP contribution >= 0.6 is 11.8 Å². The van der Waals surface area contributed by atoms with Gasteiger partial charge in [0.05, 0.1) is 5.60 Å². The van der Waals surface area contributed by atoms with Gasteiger partial charge in [0, 0.05) is 11.8 Å². The number of hydrogen-bond acceptors (Lipinski definition) is 5. The molecule has 4 N–H and O–H groups in total. The molecule has 0 saturated heterocycles. The van der Waals surface area contributed by atoms with Gasteiger partial charge in [0.2, 0.25) is 0 Å². The van der Waals surface area contributed by atoms with Crippen molar-refractivity contribution in [2.45, 2.75) is 17.7 Å². The summed E-state index contributed by atoms with van der Waals surface area (Å²) in [7, 11) is 0. The first-order chi connectivity index (χ1) is 8.97. The average Bonchev–Trinajstić information content (AvgIpc) is 2.37. The molecule has 0 radical (unpaired) electrons. The summed E-state index contributed by atoms with van der Waals surface area (Å²) in [5.74, 6) is 0.536. The molecule has 1 heterocycles. The van der Waals surface area contributed by atoms with Crippen molar-refractivity contribution >= 4 is 17.6 Å². The third kappa shape index (κ3) is 3.59. The summed E-state index contributed by atoms with van der Waals surface area (Å²) >= 11 is 1.25. The number of thioether (sulfide) groups is 1. The molecule has 0 amide bonds. The second-order valence-electron chi connectivity index (χ2n) is 4.40. The second-order valence-corrected chi connectivity index (χ2v) is 5.37. The van der Waals surface area contributed by atoms with E-state index in [1.807, 2.05) is 30.3 Å². The van der Waals surface area contributed by atoms with E-state index in [0.717, 1.165) is 5.56 Å². The zero-order valence-electron chi connectivity index (χ0n) is 10.5. The molecule has 0 aliphatic rings. The number of aromatic amines is 1. The van der Waals surface area contributed by atoms with E-state index in [1.54, 1.807) is 6.92 Å². The van der Waals surface area contributed by atoms with Gasteiger partial charge in [0.15, 0.2) is 5.16 Å². The maximum atomic E-state index is 11.3. The monoisotopic (exact) mass is 277 g/mol. The van der Waals surface area contributed by atoms with Gasteiger partial charge in [-0.1, -0.05) is 42.1 Å². The largest absolute Gasteiger partial charge is 0.385 e. The molecule has 2 aromatic rings. The van der Waals surface area contributed by atoms with E-state index in [-0.39, 0.29) is 11.4 Å². The van der Waals surface area contributed by atoms with Crippen LogP contribution in [-0.2, 0) is 5.60 Å². The van der Waals surface area contributed by atoms with E-state index < -0.39 is 5.60 Å². The quantitative estimate of drug-likeness (QED) is 0.579. The molecule has 2 rings (SSSR count). The van der Waals surface area contributed by atoms with E-state index in [2.05, 4.69) is 9.97 Å². The summed E-state index contributed by atoms with van der Waals surface area (Å²) in [4.78, 5) is 17.8. The first kappa shape index (κ1) is 13.6. The number of H-pyrrole nitrogens is 1.